The highest BCUT2D eigenvalue weighted by molar-refractivity contribution is 7.90. The minimum Gasteiger partial charge on any atom is -0.478 e. The van der Waals surface area contributed by atoms with Crippen LogP contribution in [0, 0.1) is 22.7 Å². The Bertz CT molecular complexity index is 4070. The summed E-state index contributed by atoms with van der Waals surface area (Å²) >= 11 is 12.2. The predicted molar refractivity (Wildman–Crippen MR) is 375 cm³/mol. The fourth-order valence-corrected chi connectivity index (χ4v) is 13.3. The van der Waals surface area contributed by atoms with Crippen LogP contribution in [0.2, 0.25) is 10.3 Å². The van der Waals surface area contributed by atoms with E-state index >= 15 is 0 Å². The highest BCUT2D eigenvalue weighted by Gasteiger charge is 2.44. The molecule has 2 aliphatic carbocycles. The Balaban J connectivity index is 0.000000210. The maximum atomic E-state index is 13.1. The lowest BCUT2D eigenvalue weighted by Gasteiger charge is -2.33. The second kappa shape index (κ2) is 31.4. The molecule has 4 fully saturated rings. The van der Waals surface area contributed by atoms with Gasteiger partial charge in [0.1, 0.15) is 33.1 Å². The number of likely N-dealkylation sites (tertiary alicyclic amines) is 2. The van der Waals surface area contributed by atoms with Crippen molar-refractivity contribution in [3.8, 4) is 23.4 Å². The zero-order valence-corrected chi connectivity index (χ0v) is 61.6. The largest absolute Gasteiger partial charge is 0.478 e. The first-order valence-corrected chi connectivity index (χ1v) is 36.9. The Morgan fingerprint density at radius 3 is 1.40 bits per heavy atom. The number of carbonyl (C=O) groups is 4. The van der Waals surface area contributed by atoms with Gasteiger partial charge in [-0.25, -0.2) is 62.0 Å². The Kier molecular flexibility index (Phi) is 24.4. The number of anilines is 2. The van der Waals surface area contributed by atoms with Crippen LogP contribution in [0.3, 0.4) is 0 Å². The number of amides is 3. The first-order valence-electron chi connectivity index (χ1n) is 33.1. The minimum absolute atomic E-state index is 0.0354. The van der Waals surface area contributed by atoms with Crippen molar-refractivity contribution in [1.82, 2.24) is 54.0 Å². The van der Waals surface area contributed by atoms with E-state index < -0.39 is 43.1 Å². The highest BCUT2D eigenvalue weighted by Crippen LogP contribution is 2.49. The van der Waals surface area contributed by atoms with Gasteiger partial charge in [0, 0.05) is 61.8 Å². The molecule has 31 heteroatoms. The molecule has 10 rings (SSSR count). The van der Waals surface area contributed by atoms with Crippen molar-refractivity contribution in [2.24, 2.45) is 27.8 Å². The quantitative estimate of drug-likeness (QED) is 0.0262. The summed E-state index contributed by atoms with van der Waals surface area (Å²) in [6, 6.07) is 18.5. The third kappa shape index (κ3) is 22.8. The van der Waals surface area contributed by atoms with E-state index in [9.17, 15) is 36.0 Å². The molecule has 6 N–H and O–H groups in total. The summed E-state index contributed by atoms with van der Waals surface area (Å²) in [5, 5.41) is 28.2. The molecule has 0 spiro atoms. The number of nitrogens with zero attached hydrogens (tertiary/aromatic N) is 10. The van der Waals surface area contributed by atoms with E-state index in [-0.39, 0.29) is 54.7 Å². The van der Waals surface area contributed by atoms with Crippen molar-refractivity contribution >= 4 is 78.9 Å². The average molecular weight is 1450 g/mol. The van der Waals surface area contributed by atoms with Crippen molar-refractivity contribution in [3.05, 3.63) is 107 Å². The number of primary sulfonamides is 1. The van der Waals surface area contributed by atoms with Gasteiger partial charge in [-0.3, -0.25) is 4.79 Å². The van der Waals surface area contributed by atoms with E-state index in [2.05, 4.69) is 68.5 Å². The number of carbonyl (C=O) groups excluding carboxylic acids is 3. The minimum atomic E-state index is -4.33. The summed E-state index contributed by atoms with van der Waals surface area (Å²) in [6.07, 6.45) is 15.0. The number of pyridine rings is 4. The molecule has 2 saturated carbocycles. The van der Waals surface area contributed by atoms with Gasteiger partial charge in [0.15, 0.2) is 21.7 Å². The number of ether oxygens (including phenoxy) is 4. The molecule has 540 valence electrons. The molecule has 3 amide bonds. The number of nitrogens with two attached hydrogens (primary N) is 1. The molecule has 4 aliphatic rings. The SMILES string of the molecule is CC(C)(C)OC(=O)N1CC(CCCNc2cccc(S(N)(=O)=O)n2)CC1(C)C.CC1(CCOc2ccn(-c3ccc(C(=O)NS(=O)(=O)c4cccc(NCCCC5CN(C(=O)OC(C)(C)C)C(C)(C)C5)n4)c(Cl)n3)n2)CC1.CC1(CCOc2ccn(-c3ccc(C(=O)O)c(Cl)n3)n2)CC1. The zero-order valence-electron chi connectivity index (χ0n) is 58.4. The molecule has 2 saturated heterocycles. The number of hydrogen-bond donors (Lipinski definition) is 5. The lowest BCUT2D eigenvalue weighted by Crippen LogP contribution is -2.45. The maximum Gasteiger partial charge on any atom is 0.410 e. The molecule has 2 aliphatic heterocycles. The van der Waals surface area contributed by atoms with Crippen molar-refractivity contribution in [2.75, 3.05) is 50.0 Å². The lowest BCUT2D eigenvalue weighted by atomic mass is 9.93. The molecule has 0 aromatic carbocycles. The summed E-state index contributed by atoms with van der Waals surface area (Å²) in [5.41, 5.74) is -0.927. The van der Waals surface area contributed by atoms with Crippen molar-refractivity contribution < 1.29 is 60.1 Å². The van der Waals surface area contributed by atoms with Crippen LogP contribution in [0.5, 0.6) is 11.8 Å². The Morgan fingerprint density at radius 2 is 1.01 bits per heavy atom. The third-order valence-corrected chi connectivity index (χ3v) is 20.1. The number of rotatable bonds is 25. The van der Waals surface area contributed by atoms with Crippen LogP contribution >= 0.6 is 23.2 Å². The molecular formula is C68H94Cl2N14O13S2. The molecule has 8 heterocycles. The van der Waals surface area contributed by atoms with Gasteiger partial charge in [0.2, 0.25) is 11.8 Å². The topological polar surface area (TPSA) is 349 Å². The Hall–Kier alpha value is -7.86. The van der Waals surface area contributed by atoms with Crippen molar-refractivity contribution in [1.29, 1.82) is 0 Å². The number of halogens is 2. The molecule has 6 aromatic rings. The van der Waals surface area contributed by atoms with Gasteiger partial charge in [-0.15, -0.1) is 10.2 Å². The van der Waals surface area contributed by atoms with E-state index in [1.807, 2.05) is 65.0 Å². The van der Waals surface area contributed by atoms with Gasteiger partial charge < -0.3 is 44.5 Å². The maximum absolute atomic E-state index is 13.1. The van der Waals surface area contributed by atoms with Crippen LogP contribution in [0.15, 0.2) is 95.2 Å². The summed E-state index contributed by atoms with van der Waals surface area (Å²) < 4.78 is 76.5. The number of hydrogen-bond acceptors (Lipinski definition) is 20. The summed E-state index contributed by atoms with van der Waals surface area (Å²) in [5.74, 6) is 1.24. The molecule has 6 aromatic heterocycles. The van der Waals surface area contributed by atoms with Crippen LogP contribution in [-0.4, -0.2) is 157 Å². The van der Waals surface area contributed by atoms with E-state index in [4.69, 9.17) is 52.4 Å². The second-order valence-corrected chi connectivity index (χ2v) is 33.5. The molecule has 0 bridgehead atoms. The predicted octanol–water partition coefficient (Wildman–Crippen LogP) is 12.4. The molecule has 0 radical (unpaired) electrons. The van der Waals surface area contributed by atoms with Crippen LogP contribution in [-0.2, 0) is 29.5 Å². The van der Waals surface area contributed by atoms with E-state index in [0.717, 1.165) is 51.4 Å². The Morgan fingerprint density at radius 1 is 0.596 bits per heavy atom. The fourth-order valence-electron chi connectivity index (χ4n) is 11.4. The first kappa shape index (κ1) is 76.9. The lowest BCUT2D eigenvalue weighted by molar-refractivity contribution is 0.0118. The number of carboxylic acids is 1. The van der Waals surface area contributed by atoms with Gasteiger partial charge in [-0.2, -0.15) is 8.42 Å². The van der Waals surface area contributed by atoms with E-state index in [1.54, 1.807) is 59.8 Å². The number of sulfonamides is 2. The van der Waals surface area contributed by atoms with Crippen LogP contribution in [0.25, 0.3) is 11.6 Å². The van der Waals surface area contributed by atoms with Crippen LogP contribution < -0.4 is 30.0 Å². The number of aromatic carboxylic acids is 1. The summed E-state index contributed by atoms with van der Waals surface area (Å²) in [4.78, 5) is 69.2. The highest BCUT2D eigenvalue weighted by atomic mass is 35.5. The van der Waals surface area contributed by atoms with Gasteiger partial charge >= 0.3 is 18.2 Å². The molecule has 27 nitrogen and oxygen atoms in total. The van der Waals surface area contributed by atoms with E-state index in [0.29, 0.717) is 97.1 Å². The monoisotopic (exact) mass is 1450 g/mol. The van der Waals surface area contributed by atoms with Crippen LogP contribution in [0.4, 0.5) is 21.2 Å². The van der Waals surface area contributed by atoms with Crippen LogP contribution in [0.1, 0.15) is 181 Å². The fraction of sp³-hybridized carbons (Fsp3) is 0.559. The van der Waals surface area contributed by atoms with Gasteiger partial charge in [-0.05, 0) is 217 Å². The summed E-state index contributed by atoms with van der Waals surface area (Å²) in [7, 11) is -8.14. The van der Waals surface area contributed by atoms with Crippen molar-refractivity contribution in [2.45, 2.75) is 192 Å². The number of aromatic nitrogens is 8. The molecule has 99 heavy (non-hydrogen) atoms. The van der Waals surface area contributed by atoms with Gasteiger partial charge in [0.05, 0.1) is 24.3 Å². The van der Waals surface area contributed by atoms with Gasteiger partial charge in [-0.1, -0.05) is 49.2 Å². The second-order valence-electron chi connectivity index (χ2n) is 29.6. The average Bonchev–Trinajstić information content (AvgIpc) is 1.77. The third-order valence-electron chi connectivity index (χ3n) is 17.4. The Labute approximate surface area is 590 Å². The van der Waals surface area contributed by atoms with E-state index in [1.165, 1.54) is 65.4 Å². The normalized spacial score (nSPS) is 18.0. The molecule has 2 atom stereocenters. The standard InChI is InChI=1S/C34H46ClN7O6S.C19H32N4O4S.C15H16ClN3O3/c1-32(2,3)48-31(44)41-22-23(21-33(41,4)5)9-8-18-36-25-10-7-11-28(37-25)49(45,46)40-30(43)24-12-13-26(38-29(24)35)42-19-14-27(39-42)47-20-17-34(6)15-16-34;1-18(2,3)27-17(24)23-13-14(12-19(23,4)5)8-7-11-21-15-9-6-10-16(22-15)28(20,25)26;1-15(5-6-15)7-9-22-12-4-8-19(18-12)11-3-2-10(14(20)21)13(16)17-11/h7,10-14,19,23H,8-9,15-18,20-22H2,1-6H3,(H,36,37)(H,40,43);6,9-10,14H,7-8,11-13H2,1-5H3,(H,21,22)(H2,20,25,26);2-4,8H,5-7,9H2,1H3,(H,20,21). The van der Waals surface area contributed by atoms with Gasteiger partial charge in [0.25, 0.3) is 26.0 Å². The smallest absolute Gasteiger partial charge is 0.410 e. The zero-order chi connectivity index (χ0) is 72.5. The number of nitrogens with one attached hydrogen (secondary N) is 3. The number of carboxylic acid groups (broad SMARTS) is 1. The molecular weight excluding hydrogens is 1360 g/mol. The summed E-state index contributed by atoms with van der Waals surface area (Å²) in [6.45, 7) is 27.6. The molecule has 2 unspecified atom stereocenters. The van der Waals surface area contributed by atoms with Crippen molar-refractivity contribution in [3.63, 3.8) is 0 Å². The first-order chi connectivity index (χ1) is 46.2.